The number of benzene rings is 1. The van der Waals surface area contributed by atoms with Crippen LogP contribution < -0.4 is 15.5 Å². The van der Waals surface area contributed by atoms with Crippen molar-refractivity contribution in [1.82, 2.24) is 10.6 Å². The molecule has 2 N–H and O–H groups in total. The van der Waals surface area contributed by atoms with E-state index in [9.17, 15) is 0 Å². The molecule has 0 spiro atoms. The van der Waals surface area contributed by atoms with Gasteiger partial charge in [0.05, 0.1) is 5.70 Å². The second-order valence-electron chi connectivity index (χ2n) is 4.73. The Morgan fingerprint density at radius 2 is 1.95 bits per heavy atom. The molecule has 0 unspecified atom stereocenters. The second-order valence-corrected chi connectivity index (χ2v) is 5.55. The van der Waals surface area contributed by atoms with Crippen LogP contribution in [0.4, 0.5) is 5.69 Å². The van der Waals surface area contributed by atoms with Crippen molar-refractivity contribution >= 4 is 57.3 Å². The standard InChI is InChI=1S/C14H13N3OS2/c1-17(2)9-4-3-8-5-10(18-12(8)6-9)7-11-13(19)16-14(20)15-11/h3-7H,1-2H3,(H2,15,16,19,20)/b11-7-. The minimum Gasteiger partial charge on any atom is -0.457 e. The van der Waals surface area contributed by atoms with E-state index in [1.54, 1.807) is 0 Å². The highest BCUT2D eigenvalue weighted by molar-refractivity contribution is 7.82. The summed E-state index contributed by atoms with van der Waals surface area (Å²) in [5, 5.41) is 7.46. The fourth-order valence-corrected chi connectivity index (χ4v) is 2.50. The SMILES string of the molecule is CN(C)c1ccc2cc(/C=C3\NC(=S)NC3=S)oc2c1. The van der Waals surface area contributed by atoms with Crippen LogP contribution >= 0.6 is 24.4 Å². The lowest BCUT2D eigenvalue weighted by atomic mass is 10.2. The maximum Gasteiger partial charge on any atom is 0.176 e. The molecule has 102 valence electrons. The van der Waals surface area contributed by atoms with Gasteiger partial charge in [-0.2, -0.15) is 0 Å². The number of thiocarbonyl (C=S) groups is 2. The first-order chi connectivity index (χ1) is 9.52. The molecule has 1 aromatic carbocycles. The van der Waals surface area contributed by atoms with E-state index in [1.807, 2.05) is 43.3 Å². The first-order valence-electron chi connectivity index (χ1n) is 6.08. The Kier molecular flexibility index (Phi) is 3.19. The largest absolute Gasteiger partial charge is 0.457 e. The minimum absolute atomic E-state index is 0.521. The number of nitrogens with zero attached hydrogens (tertiary/aromatic N) is 1. The predicted molar refractivity (Wildman–Crippen MR) is 90.0 cm³/mol. The lowest BCUT2D eigenvalue weighted by molar-refractivity contribution is 0.604. The number of rotatable bonds is 2. The fraction of sp³-hybridized carbons (Fsp3) is 0.143. The van der Waals surface area contributed by atoms with Gasteiger partial charge in [0, 0.05) is 37.3 Å². The molecule has 0 radical (unpaired) electrons. The van der Waals surface area contributed by atoms with Gasteiger partial charge in [-0.3, -0.25) is 0 Å². The van der Waals surface area contributed by atoms with Gasteiger partial charge in [0.2, 0.25) is 0 Å². The van der Waals surface area contributed by atoms with Crippen LogP contribution in [0.2, 0.25) is 0 Å². The van der Waals surface area contributed by atoms with Gasteiger partial charge in [-0.25, -0.2) is 0 Å². The van der Waals surface area contributed by atoms with Crippen molar-refractivity contribution in [2.45, 2.75) is 0 Å². The lowest BCUT2D eigenvalue weighted by Crippen LogP contribution is -2.21. The van der Waals surface area contributed by atoms with E-state index in [4.69, 9.17) is 28.9 Å². The van der Waals surface area contributed by atoms with Crippen molar-refractivity contribution in [2.24, 2.45) is 0 Å². The molecule has 2 heterocycles. The molecule has 3 rings (SSSR count). The van der Waals surface area contributed by atoms with Gasteiger partial charge >= 0.3 is 0 Å². The summed E-state index contributed by atoms with van der Waals surface area (Å²) in [6.07, 6.45) is 1.85. The number of nitrogens with one attached hydrogen (secondary N) is 2. The summed E-state index contributed by atoms with van der Waals surface area (Å²) in [7, 11) is 4.00. The van der Waals surface area contributed by atoms with Crippen molar-refractivity contribution in [3.05, 3.63) is 35.7 Å². The van der Waals surface area contributed by atoms with Gasteiger partial charge in [0.1, 0.15) is 16.3 Å². The van der Waals surface area contributed by atoms with Crippen molar-refractivity contribution in [3.63, 3.8) is 0 Å². The fourth-order valence-electron chi connectivity index (χ4n) is 2.01. The van der Waals surface area contributed by atoms with Crippen LogP contribution in [0.15, 0.2) is 34.4 Å². The van der Waals surface area contributed by atoms with E-state index in [2.05, 4.69) is 16.7 Å². The summed E-state index contributed by atoms with van der Waals surface area (Å²) in [6.45, 7) is 0. The molecule has 0 aliphatic carbocycles. The topological polar surface area (TPSA) is 40.4 Å². The summed E-state index contributed by atoms with van der Waals surface area (Å²) in [5.41, 5.74) is 2.71. The Morgan fingerprint density at radius 3 is 2.60 bits per heavy atom. The first kappa shape index (κ1) is 13.1. The summed E-state index contributed by atoms with van der Waals surface area (Å²) in [5.74, 6) is 0.743. The zero-order chi connectivity index (χ0) is 14.3. The predicted octanol–water partition coefficient (Wildman–Crippen LogP) is 2.64. The summed E-state index contributed by atoms with van der Waals surface area (Å²) >= 11 is 10.2. The first-order valence-corrected chi connectivity index (χ1v) is 6.89. The minimum atomic E-state index is 0.521. The quantitative estimate of drug-likeness (QED) is 0.656. The molecule has 1 fully saturated rings. The van der Waals surface area contributed by atoms with Crippen molar-refractivity contribution < 1.29 is 4.42 Å². The third kappa shape index (κ3) is 2.39. The molecule has 0 amide bonds. The van der Waals surface area contributed by atoms with E-state index in [0.29, 0.717) is 10.1 Å². The van der Waals surface area contributed by atoms with Crippen LogP contribution in [-0.4, -0.2) is 24.2 Å². The van der Waals surface area contributed by atoms with Gasteiger partial charge in [0.25, 0.3) is 0 Å². The molecular weight excluding hydrogens is 290 g/mol. The average molecular weight is 303 g/mol. The summed E-state index contributed by atoms with van der Waals surface area (Å²) in [6, 6.07) is 8.09. The van der Waals surface area contributed by atoms with Gasteiger partial charge in [-0.1, -0.05) is 12.2 Å². The number of fused-ring (bicyclic) bond motifs is 1. The van der Waals surface area contributed by atoms with E-state index >= 15 is 0 Å². The monoisotopic (exact) mass is 303 g/mol. The zero-order valence-corrected chi connectivity index (χ0v) is 12.7. The molecule has 4 nitrogen and oxygen atoms in total. The number of furan rings is 1. The van der Waals surface area contributed by atoms with Crippen LogP contribution in [0.1, 0.15) is 5.76 Å². The zero-order valence-electron chi connectivity index (χ0n) is 11.1. The highest BCUT2D eigenvalue weighted by atomic mass is 32.1. The molecule has 1 saturated heterocycles. The third-order valence-corrected chi connectivity index (χ3v) is 3.57. The normalized spacial score (nSPS) is 16.6. The van der Waals surface area contributed by atoms with Crippen LogP contribution in [0.5, 0.6) is 0 Å². The van der Waals surface area contributed by atoms with E-state index in [-0.39, 0.29) is 0 Å². The molecule has 1 aliphatic rings. The maximum atomic E-state index is 5.83. The van der Waals surface area contributed by atoms with Crippen LogP contribution in [-0.2, 0) is 0 Å². The molecule has 2 aromatic rings. The third-order valence-electron chi connectivity index (χ3n) is 3.05. The Balaban J connectivity index is 1.99. The Bertz CT molecular complexity index is 746. The summed E-state index contributed by atoms with van der Waals surface area (Å²) < 4.78 is 5.83. The van der Waals surface area contributed by atoms with E-state index in [0.717, 1.165) is 28.1 Å². The van der Waals surface area contributed by atoms with Gasteiger partial charge < -0.3 is 20.0 Å². The van der Waals surface area contributed by atoms with E-state index < -0.39 is 0 Å². The maximum absolute atomic E-state index is 5.83. The van der Waals surface area contributed by atoms with Crippen LogP contribution in [0.25, 0.3) is 17.0 Å². The average Bonchev–Trinajstić information content (AvgIpc) is 2.91. The molecule has 0 saturated carbocycles. The Hall–Kier alpha value is -1.92. The molecule has 20 heavy (non-hydrogen) atoms. The Morgan fingerprint density at radius 1 is 1.15 bits per heavy atom. The highest BCUT2D eigenvalue weighted by Gasteiger charge is 2.17. The van der Waals surface area contributed by atoms with Gasteiger partial charge in [0.15, 0.2) is 5.11 Å². The number of hydrogen-bond donors (Lipinski definition) is 2. The van der Waals surface area contributed by atoms with E-state index in [1.165, 1.54) is 0 Å². The molecule has 1 aliphatic heterocycles. The second kappa shape index (κ2) is 4.88. The number of hydrogen-bond acceptors (Lipinski definition) is 4. The Labute approximate surface area is 127 Å². The summed E-state index contributed by atoms with van der Waals surface area (Å²) in [4.78, 5) is 2.63. The van der Waals surface area contributed by atoms with Gasteiger partial charge in [-0.15, -0.1) is 0 Å². The molecule has 1 aromatic heterocycles. The van der Waals surface area contributed by atoms with Gasteiger partial charge in [-0.05, 0) is 30.4 Å². The van der Waals surface area contributed by atoms with Crippen molar-refractivity contribution in [1.29, 1.82) is 0 Å². The molecule has 6 heteroatoms. The number of anilines is 1. The molecule has 0 bridgehead atoms. The molecule has 0 atom stereocenters. The van der Waals surface area contributed by atoms with Crippen LogP contribution in [0, 0.1) is 0 Å². The smallest absolute Gasteiger partial charge is 0.176 e. The van der Waals surface area contributed by atoms with Crippen molar-refractivity contribution in [2.75, 3.05) is 19.0 Å². The van der Waals surface area contributed by atoms with Crippen LogP contribution in [0.3, 0.4) is 0 Å². The van der Waals surface area contributed by atoms with Crippen molar-refractivity contribution in [3.8, 4) is 0 Å². The molecular formula is C14H13N3OS2. The highest BCUT2D eigenvalue weighted by Crippen LogP contribution is 2.25. The lowest BCUT2D eigenvalue weighted by Gasteiger charge is -2.11.